The van der Waals surface area contributed by atoms with Gasteiger partial charge in [0, 0.05) is 19.4 Å². The fourth-order valence-corrected chi connectivity index (χ4v) is 4.66. The van der Waals surface area contributed by atoms with E-state index >= 15 is 0 Å². The minimum Gasteiger partial charge on any atom is -0.469 e. The Morgan fingerprint density at radius 3 is 1.34 bits per heavy atom. The van der Waals surface area contributed by atoms with Crippen LogP contribution in [0.5, 0.6) is 0 Å². The van der Waals surface area contributed by atoms with Gasteiger partial charge in [-0.2, -0.15) is 0 Å². The third-order valence-corrected chi connectivity index (χ3v) is 7.04. The molecule has 35 heavy (non-hydrogen) atoms. The van der Waals surface area contributed by atoms with Crippen LogP contribution in [0.15, 0.2) is 0 Å². The zero-order valence-electron chi connectivity index (χ0n) is 24.0. The SMILES string of the molecule is COC(=O)CCCCCCCCCCC(=O)NCCCCCCCCCCCCCCCC(C)C. The molecule has 0 bridgehead atoms. The fourth-order valence-electron chi connectivity index (χ4n) is 4.66. The number of unbranched alkanes of at least 4 members (excludes halogenated alkanes) is 19. The van der Waals surface area contributed by atoms with Gasteiger partial charge in [0.25, 0.3) is 0 Å². The molecule has 0 aliphatic carbocycles. The molecule has 0 aromatic heterocycles. The predicted molar refractivity (Wildman–Crippen MR) is 151 cm³/mol. The summed E-state index contributed by atoms with van der Waals surface area (Å²) in [5, 5.41) is 3.09. The number of methoxy groups -OCH3 is 1. The predicted octanol–water partition coefficient (Wildman–Crippen LogP) is 9.29. The molecule has 0 aromatic carbocycles. The minimum absolute atomic E-state index is 0.0994. The Hall–Kier alpha value is -1.06. The van der Waals surface area contributed by atoms with Gasteiger partial charge in [-0.15, -0.1) is 0 Å². The Bertz CT molecular complexity index is 464. The molecule has 0 aliphatic heterocycles. The van der Waals surface area contributed by atoms with Crippen LogP contribution in [0.4, 0.5) is 0 Å². The molecule has 4 nitrogen and oxygen atoms in total. The number of amides is 1. The summed E-state index contributed by atoms with van der Waals surface area (Å²) in [6.07, 6.45) is 29.5. The van der Waals surface area contributed by atoms with Crippen molar-refractivity contribution >= 4 is 11.9 Å². The summed E-state index contributed by atoms with van der Waals surface area (Å²) < 4.78 is 4.65. The van der Waals surface area contributed by atoms with Crippen molar-refractivity contribution in [3.05, 3.63) is 0 Å². The van der Waals surface area contributed by atoms with E-state index in [1.54, 1.807) is 0 Å². The molecule has 0 aliphatic rings. The largest absolute Gasteiger partial charge is 0.469 e. The number of hydrogen-bond acceptors (Lipinski definition) is 3. The number of hydrogen-bond donors (Lipinski definition) is 1. The normalized spacial score (nSPS) is 11.2. The third kappa shape index (κ3) is 29.1. The summed E-state index contributed by atoms with van der Waals surface area (Å²) >= 11 is 0. The average molecular weight is 496 g/mol. The van der Waals surface area contributed by atoms with Crippen molar-refractivity contribution in [2.24, 2.45) is 5.92 Å². The van der Waals surface area contributed by atoms with E-state index in [1.807, 2.05) is 0 Å². The molecule has 0 radical (unpaired) electrons. The van der Waals surface area contributed by atoms with Gasteiger partial charge in [0.15, 0.2) is 0 Å². The smallest absolute Gasteiger partial charge is 0.305 e. The van der Waals surface area contributed by atoms with Gasteiger partial charge >= 0.3 is 5.97 Å². The maximum Gasteiger partial charge on any atom is 0.305 e. The van der Waals surface area contributed by atoms with E-state index < -0.39 is 0 Å². The lowest BCUT2D eigenvalue weighted by Gasteiger charge is -2.06. The van der Waals surface area contributed by atoms with Crippen molar-refractivity contribution in [3.63, 3.8) is 0 Å². The number of rotatable bonds is 27. The van der Waals surface area contributed by atoms with Crippen LogP contribution in [0.3, 0.4) is 0 Å². The first-order valence-corrected chi connectivity index (χ1v) is 15.4. The third-order valence-electron chi connectivity index (χ3n) is 7.04. The van der Waals surface area contributed by atoms with Crippen LogP contribution >= 0.6 is 0 Å². The Morgan fingerprint density at radius 2 is 0.914 bits per heavy atom. The van der Waals surface area contributed by atoms with E-state index in [9.17, 15) is 9.59 Å². The number of esters is 1. The summed E-state index contributed by atoms with van der Waals surface area (Å²) in [7, 11) is 1.45. The molecule has 0 atom stereocenters. The molecule has 1 amide bonds. The number of nitrogens with one attached hydrogen (secondary N) is 1. The molecule has 208 valence electrons. The summed E-state index contributed by atoms with van der Waals surface area (Å²) in [5.74, 6) is 0.999. The minimum atomic E-state index is -0.0994. The highest BCUT2D eigenvalue weighted by atomic mass is 16.5. The zero-order chi connectivity index (χ0) is 25.8. The highest BCUT2D eigenvalue weighted by Gasteiger charge is 2.02. The summed E-state index contributed by atoms with van der Waals surface area (Å²) in [5.41, 5.74) is 0. The Labute approximate surface area is 219 Å². The molecule has 0 heterocycles. The zero-order valence-corrected chi connectivity index (χ0v) is 24.0. The van der Waals surface area contributed by atoms with E-state index in [0.29, 0.717) is 12.8 Å². The molecular formula is C31H61NO3. The van der Waals surface area contributed by atoms with Crippen molar-refractivity contribution in [2.75, 3.05) is 13.7 Å². The van der Waals surface area contributed by atoms with Crippen LogP contribution in [0.1, 0.15) is 168 Å². The molecule has 0 saturated carbocycles. The van der Waals surface area contributed by atoms with Crippen molar-refractivity contribution in [2.45, 2.75) is 168 Å². The first-order chi connectivity index (χ1) is 17.1. The van der Waals surface area contributed by atoms with Crippen LogP contribution in [0.2, 0.25) is 0 Å². The standard InChI is InChI=1S/C31H61NO3/c1-29(2)25-21-17-13-9-7-5-4-6-8-12-16-20-24-28-32-30(33)26-22-18-14-10-11-15-19-23-27-31(34)35-3/h29H,4-28H2,1-3H3,(H,32,33). The van der Waals surface area contributed by atoms with Gasteiger partial charge in [0.1, 0.15) is 0 Å². The monoisotopic (exact) mass is 495 g/mol. The average Bonchev–Trinajstić information content (AvgIpc) is 2.84. The van der Waals surface area contributed by atoms with Gasteiger partial charge in [-0.3, -0.25) is 9.59 Å². The maximum atomic E-state index is 11.9. The van der Waals surface area contributed by atoms with Gasteiger partial charge in [0.05, 0.1) is 7.11 Å². The van der Waals surface area contributed by atoms with E-state index in [1.165, 1.54) is 116 Å². The lowest BCUT2D eigenvalue weighted by molar-refractivity contribution is -0.140. The summed E-state index contributed by atoms with van der Waals surface area (Å²) in [6, 6.07) is 0. The molecule has 0 fully saturated rings. The van der Waals surface area contributed by atoms with E-state index in [-0.39, 0.29) is 11.9 Å². The maximum absolute atomic E-state index is 11.9. The lowest BCUT2D eigenvalue weighted by Crippen LogP contribution is -2.23. The van der Waals surface area contributed by atoms with E-state index in [0.717, 1.165) is 44.6 Å². The number of carbonyl (C=O) groups excluding carboxylic acids is 2. The van der Waals surface area contributed by atoms with Gasteiger partial charge in [-0.1, -0.05) is 136 Å². The van der Waals surface area contributed by atoms with Gasteiger partial charge in [-0.05, 0) is 25.2 Å². The van der Waals surface area contributed by atoms with Crippen LogP contribution < -0.4 is 5.32 Å². The first kappa shape index (κ1) is 33.9. The van der Waals surface area contributed by atoms with Crippen molar-refractivity contribution in [1.82, 2.24) is 5.32 Å². The molecule has 0 aromatic rings. The van der Waals surface area contributed by atoms with Crippen molar-refractivity contribution in [3.8, 4) is 0 Å². The van der Waals surface area contributed by atoms with Crippen LogP contribution in [-0.4, -0.2) is 25.5 Å². The van der Waals surface area contributed by atoms with E-state index in [4.69, 9.17) is 0 Å². The molecule has 0 unspecified atom stereocenters. The Balaban J connectivity index is 3.18. The number of carbonyl (C=O) groups is 2. The molecular weight excluding hydrogens is 434 g/mol. The molecule has 0 spiro atoms. The second kappa shape index (κ2) is 27.5. The Morgan fingerprint density at radius 1 is 0.543 bits per heavy atom. The second-order valence-electron chi connectivity index (χ2n) is 11.0. The Kier molecular flexibility index (Phi) is 26.7. The quantitative estimate of drug-likeness (QED) is 0.0912. The van der Waals surface area contributed by atoms with Crippen LogP contribution in [0, 0.1) is 5.92 Å². The van der Waals surface area contributed by atoms with E-state index in [2.05, 4.69) is 23.9 Å². The van der Waals surface area contributed by atoms with Crippen LogP contribution in [0.25, 0.3) is 0 Å². The molecule has 0 rings (SSSR count). The number of ether oxygens (including phenoxy) is 1. The lowest BCUT2D eigenvalue weighted by atomic mass is 10.0. The molecule has 1 N–H and O–H groups in total. The van der Waals surface area contributed by atoms with Crippen molar-refractivity contribution < 1.29 is 14.3 Å². The van der Waals surface area contributed by atoms with Gasteiger partial charge in [0.2, 0.25) is 5.91 Å². The van der Waals surface area contributed by atoms with Crippen LogP contribution in [-0.2, 0) is 14.3 Å². The molecule has 0 saturated heterocycles. The van der Waals surface area contributed by atoms with Gasteiger partial charge in [-0.25, -0.2) is 0 Å². The van der Waals surface area contributed by atoms with Gasteiger partial charge < -0.3 is 10.1 Å². The topological polar surface area (TPSA) is 55.4 Å². The van der Waals surface area contributed by atoms with Crippen molar-refractivity contribution in [1.29, 1.82) is 0 Å². The second-order valence-corrected chi connectivity index (χ2v) is 11.0. The first-order valence-electron chi connectivity index (χ1n) is 15.4. The highest BCUT2D eigenvalue weighted by Crippen LogP contribution is 2.14. The summed E-state index contributed by atoms with van der Waals surface area (Å²) in [4.78, 5) is 23.0. The molecule has 4 heteroatoms. The summed E-state index contributed by atoms with van der Waals surface area (Å²) in [6.45, 7) is 5.50. The fraction of sp³-hybridized carbons (Fsp3) is 0.935. The highest BCUT2D eigenvalue weighted by molar-refractivity contribution is 5.75.